The number of nitrogens with one attached hydrogen (secondary N) is 3. The zero-order chi connectivity index (χ0) is 17.5. The molecule has 0 aliphatic rings. The number of para-hydroxylation sites is 1. The van der Waals surface area contributed by atoms with Crippen molar-refractivity contribution in [1.29, 1.82) is 0 Å². The molecule has 25 heavy (non-hydrogen) atoms. The van der Waals surface area contributed by atoms with E-state index in [1.54, 1.807) is 11.3 Å². The second-order valence-corrected chi connectivity index (χ2v) is 7.59. The van der Waals surface area contributed by atoms with Crippen LogP contribution in [0.1, 0.15) is 42.5 Å². The number of unbranched alkanes of at least 4 members (excludes halogenated alkanes) is 2. The molecular formula is C20H25N3S2. The van der Waals surface area contributed by atoms with Crippen LogP contribution < -0.4 is 10.6 Å². The zero-order valence-corrected chi connectivity index (χ0v) is 16.2. The van der Waals surface area contributed by atoms with Crippen molar-refractivity contribution in [3.63, 3.8) is 0 Å². The Labute approximate surface area is 158 Å². The van der Waals surface area contributed by atoms with E-state index in [9.17, 15) is 0 Å². The van der Waals surface area contributed by atoms with E-state index in [1.807, 2.05) is 0 Å². The highest BCUT2D eigenvalue weighted by Gasteiger charge is 2.19. The average Bonchev–Trinajstić information content (AvgIpc) is 3.30. The predicted octanol–water partition coefficient (Wildman–Crippen LogP) is 5.02. The molecule has 0 bridgehead atoms. The zero-order valence-electron chi connectivity index (χ0n) is 14.5. The van der Waals surface area contributed by atoms with Gasteiger partial charge in [-0.1, -0.05) is 44.0 Å². The van der Waals surface area contributed by atoms with E-state index in [-0.39, 0.29) is 5.92 Å². The Bertz CT molecular complexity index is 792. The van der Waals surface area contributed by atoms with Gasteiger partial charge in [-0.3, -0.25) is 0 Å². The minimum atomic E-state index is 0.284. The Morgan fingerprint density at radius 1 is 1.16 bits per heavy atom. The molecule has 0 aliphatic heterocycles. The Balaban J connectivity index is 1.70. The van der Waals surface area contributed by atoms with E-state index < -0.39 is 0 Å². The third kappa shape index (κ3) is 4.61. The Kier molecular flexibility index (Phi) is 6.48. The number of aromatic nitrogens is 1. The van der Waals surface area contributed by atoms with Crippen molar-refractivity contribution in [3.05, 3.63) is 58.4 Å². The largest absolute Gasteiger partial charge is 0.363 e. The summed E-state index contributed by atoms with van der Waals surface area (Å²) in [7, 11) is 0. The Morgan fingerprint density at radius 2 is 2.04 bits per heavy atom. The molecule has 1 unspecified atom stereocenters. The van der Waals surface area contributed by atoms with Gasteiger partial charge in [-0.05, 0) is 41.7 Å². The maximum atomic E-state index is 5.45. The lowest BCUT2D eigenvalue weighted by molar-refractivity contribution is 0.682. The van der Waals surface area contributed by atoms with Crippen LogP contribution in [0.3, 0.4) is 0 Å². The van der Waals surface area contributed by atoms with Crippen molar-refractivity contribution in [2.75, 3.05) is 13.1 Å². The van der Waals surface area contributed by atoms with Crippen LogP contribution in [-0.4, -0.2) is 23.2 Å². The molecule has 0 saturated carbocycles. The van der Waals surface area contributed by atoms with Crippen LogP contribution in [0, 0.1) is 0 Å². The summed E-state index contributed by atoms with van der Waals surface area (Å²) >= 11 is 7.25. The molecule has 0 fully saturated rings. The first-order valence-corrected chi connectivity index (χ1v) is 10.2. The van der Waals surface area contributed by atoms with Crippen molar-refractivity contribution in [1.82, 2.24) is 15.6 Å². The number of thiocarbonyl (C=S) groups is 1. The molecular weight excluding hydrogens is 346 g/mol. The Morgan fingerprint density at radius 3 is 2.84 bits per heavy atom. The van der Waals surface area contributed by atoms with Crippen LogP contribution in [0.2, 0.25) is 0 Å². The highest BCUT2D eigenvalue weighted by molar-refractivity contribution is 7.80. The van der Waals surface area contributed by atoms with Gasteiger partial charge in [-0.15, -0.1) is 11.3 Å². The van der Waals surface area contributed by atoms with Crippen LogP contribution >= 0.6 is 23.6 Å². The number of hydrogen-bond donors (Lipinski definition) is 3. The highest BCUT2D eigenvalue weighted by Crippen LogP contribution is 2.32. The van der Waals surface area contributed by atoms with Crippen LogP contribution in [-0.2, 0) is 0 Å². The third-order valence-electron chi connectivity index (χ3n) is 4.42. The van der Waals surface area contributed by atoms with Gasteiger partial charge in [0, 0.05) is 41.0 Å². The summed E-state index contributed by atoms with van der Waals surface area (Å²) in [4.78, 5) is 4.75. The minimum Gasteiger partial charge on any atom is -0.363 e. The number of hydrogen-bond acceptors (Lipinski definition) is 2. The first-order valence-electron chi connectivity index (χ1n) is 8.90. The molecule has 0 aliphatic carbocycles. The van der Waals surface area contributed by atoms with Crippen molar-refractivity contribution >= 4 is 39.6 Å². The number of thiophene rings is 1. The second kappa shape index (κ2) is 9.02. The van der Waals surface area contributed by atoms with Crippen LogP contribution in [0.25, 0.3) is 10.9 Å². The maximum absolute atomic E-state index is 5.45. The lowest BCUT2D eigenvalue weighted by Crippen LogP contribution is -2.38. The third-order valence-corrected chi connectivity index (χ3v) is 5.69. The van der Waals surface area contributed by atoms with Gasteiger partial charge in [0.1, 0.15) is 0 Å². The molecule has 3 N–H and O–H groups in total. The molecule has 132 valence electrons. The quantitative estimate of drug-likeness (QED) is 0.385. The van der Waals surface area contributed by atoms with Gasteiger partial charge in [0.05, 0.1) is 0 Å². The Hall–Kier alpha value is -1.85. The fourth-order valence-electron chi connectivity index (χ4n) is 3.07. The predicted molar refractivity (Wildman–Crippen MR) is 113 cm³/mol. The SMILES string of the molecule is CCCCCNC(=S)NCC(c1cccs1)c1c[nH]c2ccccc12. The van der Waals surface area contributed by atoms with Crippen molar-refractivity contribution in [2.24, 2.45) is 0 Å². The fraction of sp³-hybridized carbons (Fsp3) is 0.350. The smallest absolute Gasteiger partial charge is 0.166 e. The van der Waals surface area contributed by atoms with Gasteiger partial charge in [-0.2, -0.15) is 0 Å². The molecule has 5 heteroatoms. The lowest BCUT2D eigenvalue weighted by atomic mass is 9.97. The summed E-state index contributed by atoms with van der Waals surface area (Å²) < 4.78 is 0. The number of H-pyrrole nitrogens is 1. The molecule has 0 radical (unpaired) electrons. The van der Waals surface area contributed by atoms with Crippen LogP contribution in [0.4, 0.5) is 0 Å². The van der Waals surface area contributed by atoms with E-state index >= 15 is 0 Å². The number of rotatable bonds is 8. The molecule has 2 heterocycles. The van der Waals surface area contributed by atoms with Gasteiger partial charge in [0.25, 0.3) is 0 Å². The van der Waals surface area contributed by atoms with E-state index in [0.29, 0.717) is 0 Å². The molecule has 0 amide bonds. The first kappa shape index (κ1) is 18.0. The summed E-state index contributed by atoms with van der Waals surface area (Å²) in [5, 5.41) is 10.9. The van der Waals surface area contributed by atoms with Gasteiger partial charge in [0.15, 0.2) is 5.11 Å². The topological polar surface area (TPSA) is 39.8 Å². The fourth-order valence-corrected chi connectivity index (χ4v) is 4.10. The van der Waals surface area contributed by atoms with Gasteiger partial charge in [-0.25, -0.2) is 0 Å². The molecule has 1 atom stereocenters. The molecule has 2 aromatic heterocycles. The summed E-state index contributed by atoms with van der Waals surface area (Å²) in [5.41, 5.74) is 2.50. The summed E-state index contributed by atoms with van der Waals surface area (Å²) in [6.45, 7) is 3.95. The molecule has 0 spiro atoms. The first-order chi connectivity index (χ1) is 12.3. The van der Waals surface area contributed by atoms with E-state index in [2.05, 4.69) is 70.5 Å². The monoisotopic (exact) mass is 371 g/mol. The summed E-state index contributed by atoms with van der Waals surface area (Å²) in [5.74, 6) is 0.284. The summed E-state index contributed by atoms with van der Waals surface area (Å²) in [6.07, 6.45) is 5.76. The van der Waals surface area contributed by atoms with Gasteiger partial charge >= 0.3 is 0 Å². The van der Waals surface area contributed by atoms with Gasteiger partial charge in [0.2, 0.25) is 0 Å². The second-order valence-electron chi connectivity index (χ2n) is 6.20. The van der Waals surface area contributed by atoms with Crippen LogP contribution in [0.5, 0.6) is 0 Å². The highest BCUT2D eigenvalue weighted by atomic mass is 32.1. The van der Waals surface area contributed by atoms with Gasteiger partial charge < -0.3 is 15.6 Å². The van der Waals surface area contributed by atoms with Crippen molar-refractivity contribution in [3.8, 4) is 0 Å². The average molecular weight is 372 g/mol. The van der Waals surface area contributed by atoms with Crippen LogP contribution in [0.15, 0.2) is 48.0 Å². The maximum Gasteiger partial charge on any atom is 0.166 e. The van der Waals surface area contributed by atoms with E-state index in [0.717, 1.165) is 24.6 Å². The van der Waals surface area contributed by atoms with E-state index in [4.69, 9.17) is 12.2 Å². The minimum absolute atomic E-state index is 0.284. The standard InChI is InChI=1S/C20H25N3S2/c1-2-3-6-11-21-20(24)23-14-17(19-10-7-12-25-19)16-13-22-18-9-5-4-8-15(16)18/h4-5,7-10,12-13,17,22H,2-3,6,11,14H2,1H3,(H2,21,23,24). The molecule has 3 nitrogen and oxygen atoms in total. The summed E-state index contributed by atoms with van der Waals surface area (Å²) in [6, 6.07) is 12.8. The molecule has 3 aromatic rings. The molecule has 1 aromatic carbocycles. The van der Waals surface area contributed by atoms with Crippen molar-refractivity contribution in [2.45, 2.75) is 32.1 Å². The number of fused-ring (bicyclic) bond motifs is 1. The molecule has 0 saturated heterocycles. The molecule has 3 rings (SSSR count). The number of aromatic amines is 1. The number of benzene rings is 1. The van der Waals surface area contributed by atoms with Crippen molar-refractivity contribution < 1.29 is 0 Å². The van der Waals surface area contributed by atoms with E-state index in [1.165, 1.54) is 34.2 Å². The normalized spacial score (nSPS) is 12.2. The lowest BCUT2D eigenvalue weighted by Gasteiger charge is -2.18.